The van der Waals surface area contributed by atoms with Gasteiger partial charge in [-0.3, -0.25) is 10.2 Å². The van der Waals surface area contributed by atoms with Gasteiger partial charge in [0.25, 0.3) is 5.91 Å². The molecule has 3 N–H and O–H groups in total. The number of pyridine rings is 1. The maximum absolute atomic E-state index is 11.4. The summed E-state index contributed by atoms with van der Waals surface area (Å²) in [4.78, 5) is 19.6. The average Bonchev–Trinajstić information content (AvgIpc) is 2.83. The van der Waals surface area contributed by atoms with Gasteiger partial charge in [-0.25, -0.2) is 15.8 Å². The van der Waals surface area contributed by atoms with Gasteiger partial charge in [-0.05, 0) is 19.1 Å². The zero-order chi connectivity index (χ0) is 13.1. The van der Waals surface area contributed by atoms with Crippen LogP contribution in [0.5, 0.6) is 5.88 Å². The van der Waals surface area contributed by atoms with Crippen molar-refractivity contribution in [2.75, 3.05) is 7.11 Å². The first-order valence-corrected chi connectivity index (χ1v) is 5.22. The van der Waals surface area contributed by atoms with Crippen molar-refractivity contribution in [1.29, 1.82) is 0 Å². The minimum absolute atomic E-state index is 0. The van der Waals surface area contributed by atoms with Gasteiger partial charge in [0.1, 0.15) is 11.4 Å². The smallest absolute Gasteiger partial charge is 0.283 e. The van der Waals surface area contributed by atoms with Gasteiger partial charge in [-0.15, -0.1) is 12.4 Å². The quantitative estimate of drug-likeness (QED) is 0.489. The van der Waals surface area contributed by atoms with Crippen LogP contribution < -0.4 is 16.0 Å². The number of imidazole rings is 1. The standard InChI is InChI=1S/C11H13N5O2.ClH/c1-7-5-16(6-13-7)9-4-3-8(10(17)15-12)14-11(9)18-2;/h3-6H,12H2,1-2H3,(H,15,17);1H. The number of nitrogens with two attached hydrogens (primary N) is 1. The Balaban J connectivity index is 0.00000180. The number of rotatable bonds is 3. The van der Waals surface area contributed by atoms with Gasteiger partial charge in [0, 0.05) is 6.20 Å². The molecule has 7 nitrogen and oxygen atoms in total. The van der Waals surface area contributed by atoms with Crippen LogP contribution in [0.25, 0.3) is 5.69 Å². The van der Waals surface area contributed by atoms with Crippen molar-refractivity contribution >= 4 is 18.3 Å². The third-order valence-corrected chi connectivity index (χ3v) is 2.39. The first-order valence-electron chi connectivity index (χ1n) is 5.22. The summed E-state index contributed by atoms with van der Waals surface area (Å²) in [5.74, 6) is 4.91. The summed E-state index contributed by atoms with van der Waals surface area (Å²) in [6.07, 6.45) is 3.49. The molecule has 2 heterocycles. The monoisotopic (exact) mass is 283 g/mol. The first-order chi connectivity index (χ1) is 8.65. The Morgan fingerprint density at radius 1 is 1.47 bits per heavy atom. The van der Waals surface area contributed by atoms with E-state index >= 15 is 0 Å². The molecule has 0 aromatic carbocycles. The highest BCUT2D eigenvalue weighted by Gasteiger charge is 2.12. The lowest BCUT2D eigenvalue weighted by molar-refractivity contribution is 0.0948. The van der Waals surface area contributed by atoms with E-state index in [9.17, 15) is 4.79 Å². The molecule has 0 spiro atoms. The third-order valence-electron chi connectivity index (χ3n) is 2.39. The highest BCUT2D eigenvalue weighted by Crippen LogP contribution is 2.20. The van der Waals surface area contributed by atoms with E-state index in [2.05, 4.69) is 9.97 Å². The predicted molar refractivity (Wildman–Crippen MR) is 71.5 cm³/mol. The Morgan fingerprint density at radius 2 is 2.21 bits per heavy atom. The van der Waals surface area contributed by atoms with E-state index in [1.807, 2.05) is 18.5 Å². The van der Waals surface area contributed by atoms with Crippen LogP contribution in [0.1, 0.15) is 16.2 Å². The lowest BCUT2D eigenvalue weighted by Crippen LogP contribution is -2.30. The molecule has 0 aliphatic heterocycles. The van der Waals surface area contributed by atoms with Crippen LogP contribution >= 0.6 is 12.4 Å². The number of amides is 1. The molecule has 0 atom stereocenters. The van der Waals surface area contributed by atoms with Crippen LogP contribution in [0.2, 0.25) is 0 Å². The summed E-state index contributed by atoms with van der Waals surface area (Å²) in [5, 5.41) is 0. The predicted octanol–water partition coefficient (Wildman–Crippen LogP) is 0.610. The number of nitrogens with one attached hydrogen (secondary N) is 1. The van der Waals surface area contributed by atoms with E-state index < -0.39 is 5.91 Å². The van der Waals surface area contributed by atoms with Gasteiger partial charge in [0.15, 0.2) is 0 Å². The number of carbonyl (C=O) groups is 1. The second-order valence-electron chi connectivity index (χ2n) is 3.62. The number of nitrogen functional groups attached to an aromatic ring is 1. The molecule has 0 saturated carbocycles. The summed E-state index contributed by atoms with van der Waals surface area (Å²) in [7, 11) is 1.49. The molecule has 0 radical (unpaired) electrons. The number of hydrogen-bond acceptors (Lipinski definition) is 5. The molecule has 2 aromatic heterocycles. The Hall–Kier alpha value is -2.12. The van der Waals surface area contributed by atoms with E-state index in [1.54, 1.807) is 23.0 Å². The van der Waals surface area contributed by atoms with E-state index in [-0.39, 0.29) is 18.1 Å². The fourth-order valence-corrected chi connectivity index (χ4v) is 1.53. The fraction of sp³-hybridized carbons (Fsp3) is 0.182. The van der Waals surface area contributed by atoms with Gasteiger partial charge in [0.05, 0.1) is 19.1 Å². The molecule has 2 aromatic rings. The van der Waals surface area contributed by atoms with Gasteiger partial charge in [0.2, 0.25) is 5.88 Å². The number of hydrogen-bond donors (Lipinski definition) is 2. The second kappa shape index (κ2) is 6.17. The number of aromatic nitrogens is 3. The normalized spacial score (nSPS) is 9.63. The topological polar surface area (TPSA) is 95.1 Å². The maximum Gasteiger partial charge on any atom is 0.283 e. The largest absolute Gasteiger partial charge is 0.479 e. The molecule has 8 heteroatoms. The summed E-state index contributed by atoms with van der Waals surface area (Å²) in [6.45, 7) is 1.88. The molecule has 0 fully saturated rings. The molecule has 0 unspecified atom stereocenters. The summed E-state index contributed by atoms with van der Waals surface area (Å²) >= 11 is 0. The Morgan fingerprint density at radius 3 is 2.74 bits per heavy atom. The van der Waals surface area contributed by atoms with Crippen molar-refractivity contribution in [2.45, 2.75) is 6.92 Å². The molecule has 2 rings (SSSR count). The van der Waals surface area contributed by atoms with Gasteiger partial charge in [-0.2, -0.15) is 0 Å². The Kier molecular flexibility index (Phi) is 4.85. The number of nitrogens with zero attached hydrogens (tertiary/aromatic N) is 3. The summed E-state index contributed by atoms with van der Waals surface area (Å²) < 4.78 is 6.93. The second-order valence-corrected chi connectivity index (χ2v) is 3.62. The average molecular weight is 284 g/mol. The van der Waals surface area contributed by atoms with E-state index in [4.69, 9.17) is 10.6 Å². The van der Waals surface area contributed by atoms with Crippen LogP contribution in [0, 0.1) is 6.92 Å². The molecule has 1 amide bonds. The van der Waals surface area contributed by atoms with Gasteiger partial charge in [-0.1, -0.05) is 0 Å². The van der Waals surface area contributed by atoms with Crippen molar-refractivity contribution in [2.24, 2.45) is 5.84 Å². The lowest BCUT2D eigenvalue weighted by atomic mass is 10.3. The van der Waals surface area contributed by atoms with Crippen molar-refractivity contribution < 1.29 is 9.53 Å². The van der Waals surface area contributed by atoms with E-state index in [0.717, 1.165) is 5.69 Å². The van der Waals surface area contributed by atoms with Crippen LogP contribution in [0.3, 0.4) is 0 Å². The minimum Gasteiger partial charge on any atom is -0.479 e. The van der Waals surface area contributed by atoms with Crippen molar-refractivity contribution in [3.05, 3.63) is 36.0 Å². The Labute approximate surface area is 116 Å². The van der Waals surface area contributed by atoms with Crippen LogP contribution in [-0.4, -0.2) is 27.6 Å². The highest BCUT2D eigenvalue weighted by molar-refractivity contribution is 5.92. The van der Waals surface area contributed by atoms with Crippen LogP contribution in [0.15, 0.2) is 24.7 Å². The highest BCUT2D eigenvalue weighted by atomic mass is 35.5. The number of halogens is 1. The molecule has 0 saturated heterocycles. The maximum atomic E-state index is 11.4. The van der Waals surface area contributed by atoms with Crippen molar-refractivity contribution in [3.63, 3.8) is 0 Å². The lowest BCUT2D eigenvalue weighted by Gasteiger charge is -2.09. The zero-order valence-electron chi connectivity index (χ0n) is 10.5. The summed E-state index contributed by atoms with van der Waals surface area (Å²) in [6, 6.07) is 3.28. The molecular weight excluding hydrogens is 270 g/mol. The molecule has 102 valence electrons. The van der Waals surface area contributed by atoms with E-state index in [1.165, 1.54) is 7.11 Å². The zero-order valence-corrected chi connectivity index (χ0v) is 11.3. The van der Waals surface area contributed by atoms with Gasteiger partial charge < -0.3 is 9.30 Å². The number of ether oxygens (including phenoxy) is 1. The molecule has 0 aliphatic carbocycles. The number of methoxy groups -OCH3 is 1. The first kappa shape index (κ1) is 14.9. The van der Waals surface area contributed by atoms with Crippen molar-refractivity contribution in [1.82, 2.24) is 20.0 Å². The van der Waals surface area contributed by atoms with E-state index in [0.29, 0.717) is 11.6 Å². The number of carbonyl (C=O) groups excluding carboxylic acids is 1. The van der Waals surface area contributed by atoms with Gasteiger partial charge >= 0.3 is 0 Å². The SMILES string of the molecule is COc1nc(C(=O)NN)ccc1-n1cnc(C)c1.Cl. The Bertz CT molecular complexity index is 584. The number of hydrazine groups is 1. The van der Waals surface area contributed by atoms with Crippen LogP contribution in [0.4, 0.5) is 0 Å². The fourth-order valence-electron chi connectivity index (χ4n) is 1.53. The minimum atomic E-state index is -0.471. The number of aryl methyl sites for hydroxylation is 1. The molecule has 0 aliphatic rings. The van der Waals surface area contributed by atoms with Crippen LogP contribution in [-0.2, 0) is 0 Å². The summed E-state index contributed by atoms with van der Waals surface area (Å²) in [5.41, 5.74) is 3.79. The molecule has 19 heavy (non-hydrogen) atoms. The molecule has 0 bridgehead atoms. The third kappa shape index (κ3) is 3.01. The molecular formula is C11H14ClN5O2. The van der Waals surface area contributed by atoms with Crippen molar-refractivity contribution in [3.8, 4) is 11.6 Å².